The van der Waals surface area contributed by atoms with Crippen LogP contribution in [0.15, 0.2) is 22.8 Å². The average Bonchev–Trinajstić information content (AvgIpc) is 2.98. The third-order valence-corrected chi connectivity index (χ3v) is 4.12. The molecule has 0 saturated heterocycles. The highest BCUT2D eigenvalue weighted by Gasteiger charge is 2.19. The van der Waals surface area contributed by atoms with Gasteiger partial charge in [0.1, 0.15) is 5.76 Å². The highest BCUT2D eigenvalue weighted by Crippen LogP contribution is 2.25. The predicted octanol–water partition coefficient (Wildman–Crippen LogP) is 2.89. The van der Waals surface area contributed by atoms with Crippen molar-refractivity contribution in [1.82, 2.24) is 5.32 Å². The predicted molar refractivity (Wildman–Crippen MR) is 78.5 cm³/mol. The van der Waals surface area contributed by atoms with Gasteiger partial charge in [-0.3, -0.25) is 0 Å². The number of aliphatic hydroxyl groups is 1. The Morgan fingerprint density at radius 2 is 2.15 bits per heavy atom. The molecule has 0 bridgehead atoms. The molecule has 1 aromatic rings. The van der Waals surface area contributed by atoms with Crippen LogP contribution in [0.25, 0.3) is 0 Å². The first-order chi connectivity index (χ1) is 9.65. The summed E-state index contributed by atoms with van der Waals surface area (Å²) >= 11 is 0. The van der Waals surface area contributed by atoms with E-state index in [4.69, 9.17) is 9.15 Å². The molecule has 0 radical (unpaired) electrons. The smallest absolute Gasteiger partial charge is 0.120 e. The summed E-state index contributed by atoms with van der Waals surface area (Å²) in [7, 11) is 0. The molecule has 1 fully saturated rings. The van der Waals surface area contributed by atoms with Crippen molar-refractivity contribution < 1.29 is 14.3 Å². The number of rotatable bonds is 7. The van der Waals surface area contributed by atoms with Gasteiger partial charge in [0.25, 0.3) is 0 Å². The van der Waals surface area contributed by atoms with Crippen molar-refractivity contribution >= 4 is 0 Å². The zero-order valence-corrected chi connectivity index (χ0v) is 12.5. The minimum Gasteiger partial charge on any atom is -0.468 e. The molecule has 2 rings (SSSR count). The Morgan fingerprint density at radius 3 is 2.80 bits per heavy atom. The van der Waals surface area contributed by atoms with E-state index >= 15 is 0 Å². The molecule has 0 aliphatic heterocycles. The first kappa shape index (κ1) is 15.5. The lowest BCUT2D eigenvalue weighted by molar-refractivity contribution is -0.0284. The van der Waals surface area contributed by atoms with E-state index in [1.807, 2.05) is 19.1 Å². The molecule has 0 spiro atoms. The molecule has 4 nitrogen and oxygen atoms in total. The molecule has 1 saturated carbocycles. The lowest BCUT2D eigenvalue weighted by Gasteiger charge is -2.27. The topological polar surface area (TPSA) is 54.6 Å². The molecule has 2 N–H and O–H groups in total. The Bertz CT molecular complexity index is 358. The van der Waals surface area contributed by atoms with Gasteiger partial charge in [0, 0.05) is 6.54 Å². The molecule has 1 aromatic heterocycles. The maximum Gasteiger partial charge on any atom is 0.120 e. The minimum atomic E-state index is -0.466. The number of aliphatic hydroxyl groups excluding tert-OH is 1. The minimum absolute atomic E-state index is 0.107. The summed E-state index contributed by atoms with van der Waals surface area (Å²) in [4.78, 5) is 0. The van der Waals surface area contributed by atoms with Crippen LogP contribution in [0.2, 0.25) is 0 Å². The number of hydrogen-bond donors (Lipinski definition) is 2. The molecule has 1 aliphatic rings. The van der Waals surface area contributed by atoms with Crippen LogP contribution in [0.4, 0.5) is 0 Å². The molecule has 20 heavy (non-hydrogen) atoms. The van der Waals surface area contributed by atoms with Crippen LogP contribution in [0.3, 0.4) is 0 Å². The highest BCUT2D eigenvalue weighted by molar-refractivity contribution is 5.02. The first-order valence-corrected chi connectivity index (χ1v) is 7.71. The van der Waals surface area contributed by atoms with Crippen LogP contribution in [0, 0.1) is 5.92 Å². The van der Waals surface area contributed by atoms with E-state index in [2.05, 4.69) is 12.2 Å². The van der Waals surface area contributed by atoms with Crippen molar-refractivity contribution in [2.75, 3.05) is 13.2 Å². The molecule has 4 heteroatoms. The fourth-order valence-corrected chi connectivity index (χ4v) is 2.65. The normalized spacial score (nSPS) is 26.4. The van der Waals surface area contributed by atoms with Gasteiger partial charge in [-0.1, -0.05) is 6.92 Å². The van der Waals surface area contributed by atoms with E-state index in [1.165, 1.54) is 12.8 Å². The molecular weight excluding hydrogens is 254 g/mol. The molecule has 0 aromatic carbocycles. The summed E-state index contributed by atoms with van der Waals surface area (Å²) in [6.07, 6.45) is 6.28. The van der Waals surface area contributed by atoms with Crippen molar-refractivity contribution in [2.24, 2.45) is 5.92 Å². The summed E-state index contributed by atoms with van der Waals surface area (Å²) in [5.41, 5.74) is 0. The average molecular weight is 281 g/mol. The van der Waals surface area contributed by atoms with E-state index in [9.17, 15) is 5.11 Å². The quantitative estimate of drug-likeness (QED) is 0.807. The maximum atomic E-state index is 9.96. The van der Waals surface area contributed by atoms with Gasteiger partial charge in [-0.15, -0.1) is 0 Å². The van der Waals surface area contributed by atoms with E-state index in [0.29, 0.717) is 19.3 Å². The Morgan fingerprint density at radius 1 is 1.40 bits per heavy atom. The van der Waals surface area contributed by atoms with Gasteiger partial charge in [-0.25, -0.2) is 0 Å². The van der Waals surface area contributed by atoms with Crippen molar-refractivity contribution in [1.29, 1.82) is 0 Å². The number of furan rings is 1. The molecule has 0 amide bonds. The summed E-state index contributed by atoms with van der Waals surface area (Å²) in [5.74, 6) is 1.72. The van der Waals surface area contributed by atoms with Gasteiger partial charge >= 0.3 is 0 Å². The van der Waals surface area contributed by atoms with Gasteiger partial charge in [0.2, 0.25) is 0 Å². The van der Waals surface area contributed by atoms with Crippen LogP contribution < -0.4 is 5.32 Å². The van der Waals surface area contributed by atoms with Crippen LogP contribution in [0.1, 0.15) is 51.3 Å². The number of hydrogen-bond acceptors (Lipinski definition) is 4. The summed E-state index contributed by atoms with van der Waals surface area (Å²) in [6, 6.07) is 3.91. The van der Waals surface area contributed by atoms with Gasteiger partial charge in [0.15, 0.2) is 0 Å². The Balaban J connectivity index is 1.59. The zero-order valence-electron chi connectivity index (χ0n) is 12.5. The van der Waals surface area contributed by atoms with Crippen molar-refractivity contribution in [2.45, 2.75) is 57.8 Å². The Labute approximate surface area is 121 Å². The lowest BCUT2D eigenvalue weighted by Crippen LogP contribution is -2.34. The monoisotopic (exact) mass is 281 g/mol. The van der Waals surface area contributed by atoms with Gasteiger partial charge in [-0.05, 0) is 50.7 Å². The number of ether oxygens (including phenoxy) is 1. The van der Waals surface area contributed by atoms with Gasteiger partial charge in [-0.2, -0.15) is 0 Å². The van der Waals surface area contributed by atoms with Gasteiger partial charge < -0.3 is 19.6 Å². The van der Waals surface area contributed by atoms with E-state index < -0.39 is 6.10 Å². The molecular formula is C16H27NO3. The SMILES string of the molecule is CC1CCC(OCC(O)CN[C@@H](C)c2ccco2)CC1. The van der Waals surface area contributed by atoms with Crippen molar-refractivity contribution in [3.63, 3.8) is 0 Å². The van der Waals surface area contributed by atoms with Crippen molar-refractivity contribution in [3.05, 3.63) is 24.2 Å². The second-order valence-electron chi connectivity index (χ2n) is 6.01. The Kier molecular flexibility index (Phi) is 6.07. The highest BCUT2D eigenvalue weighted by atomic mass is 16.5. The maximum absolute atomic E-state index is 9.96. The van der Waals surface area contributed by atoms with E-state index in [1.54, 1.807) is 6.26 Å². The standard InChI is InChI=1S/C16H27NO3/c1-12-5-7-15(8-6-12)20-11-14(18)10-17-13(2)16-4-3-9-19-16/h3-4,9,12-15,17-18H,5-8,10-11H2,1-2H3/t12?,13-,14?,15?/m0/s1. The van der Waals surface area contributed by atoms with Crippen LogP contribution in [0.5, 0.6) is 0 Å². The molecule has 114 valence electrons. The van der Waals surface area contributed by atoms with E-state index in [0.717, 1.165) is 24.5 Å². The summed E-state index contributed by atoms with van der Waals surface area (Å²) in [5, 5.41) is 13.2. The third-order valence-electron chi connectivity index (χ3n) is 4.12. The zero-order chi connectivity index (χ0) is 14.4. The first-order valence-electron chi connectivity index (χ1n) is 7.71. The third kappa shape index (κ3) is 4.93. The van der Waals surface area contributed by atoms with Gasteiger partial charge in [0.05, 0.1) is 31.1 Å². The van der Waals surface area contributed by atoms with Crippen LogP contribution >= 0.6 is 0 Å². The van der Waals surface area contributed by atoms with E-state index in [-0.39, 0.29) is 6.04 Å². The molecule has 1 heterocycles. The second-order valence-corrected chi connectivity index (χ2v) is 6.01. The molecule has 1 aliphatic carbocycles. The largest absolute Gasteiger partial charge is 0.468 e. The summed E-state index contributed by atoms with van der Waals surface area (Å²) < 4.78 is 11.1. The fourth-order valence-electron chi connectivity index (χ4n) is 2.65. The lowest BCUT2D eigenvalue weighted by atomic mass is 9.89. The second kappa shape index (κ2) is 7.81. The fraction of sp³-hybridized carbons (Fsp3) is 0.750. The van der Waals surface area contributed by atoms with Crippen LogP contribution in [-0.4, -0.2) is 30.5 Å². The number of nitrogens with one attached hydrogen (secondary N) is 1. The Hall–Kier alpha value is -0.840. The van der Waals surface area contributed by atoms with Crippen LogP contribution in [-0.2, 0) is 4.74 Å². The molecule has 2 atom stereocenters. The van der Waals surface area contributed by atoms with Crippen molar-refractivity contribution in [3.8, 4) is 0 Å². The molecule has 1 unspecified atom stereocenters. The summed E-state index contributed by atoms with van der Waals surface area (Å²) in [6.45, 7) is 5.25.